The SMILES string of the molecule is CCNC(=O)Nc1ccc(-c2nc3c(c(N4CCOCC4)n2)CCN(c2ccc(C#N)cn2)C3C)cc1. The number of nitriles is 1. The molecule has 1 saturated heterocycles. The van der Waals surface area contributed by atoms with Crippen LogP contribution in [0, 0.1) is 11.3 Å². The van der Waals surface area contributed by atoms with Crippen molar-refractivity contribution < 1.29 is 9.53 Å². The number of hydrogen-bond donors (Lipinski definition) is 2. The number of amides is 2. The first-order valence-corrected chi connectivity index (χ1v) is 12.6. The highest BCUT2D eigenvalue weighted by Gasteiger charge is 2.31. The molecule has 0 bridgehead atoms. The van der Waals surface area contributed by atoms with Crippen LogP contribution in [0.5, 0.6) is 0 Å². The van der Waals surface area contributed by atoms with Crippen LogP contribution in [0.4, 0.5) is 22.1 Å². The highest BCUT2D eigenvalue weighted by molar-refractivity contribution is 5.89. The van der Waals surface area contributed by atoms with Gasteiger partial charge in [0.2, 0.25) is 0 Å². The maximum atomic E-state index is 11.9. The summed E-state index contributed by atoms with van der Waals surface area (Å²) in [6.45, 7) is 8.27. The van der Waals surface area contributed by atoms with E-state index in [1.807, 2.05) is 37.3 Å². The number of anilines is 3. The lowest BCUT2D eigenvalue weighted by Gasteiger charge is -2.38. The number of nitrogens with zero attached hydrogens (tertiary/aromatic N) is 6. The number of hydrogen-bond acceptors (Lipinski definition) is 8. The van der Waals surface area contributed by atoms with Crippen molar-refractivity contribution in [1.29, 1.82) is 5.26 Å². The van der Waals surface area contributed by atoms with Gasteiger partial charge in [0.1, 0.15) is 17.7 Å². The molecule has 10 nitrogen and oxygen atoms in total. The lowest BCUT2D eigenvalue weighted by Crippen LogP contribution is -2.40. The van der Waals surface area contributed by atoms with Crippen molar-refractivity contribution in [1.82, 2.24) is 20.3 Å². The van der Waals surface area contributed by atoms with Gasteiger partial charge in [0.05, 0.1) is 30.5 Å². The average molecular weight is 499 g/mol. The molecule has 2 aromatic heterocycles. The van der Waals surface area contributed by atoms with E-state index >= 15 is 0 Å². The Kier molecular flexibility index (Phi) is 7.14. The summed E-state index contributed by atoms with van der Waals surface area (Å²) in [5, 5.41) is 14.7. The molecule has 1 aromatic carbocycles. The summed E-state index contributed by atoms with van der Waals surface area (Å²) in [5.41, 5.74) is 4.26. The third-order valence-corrected chi connectivity index (χ3v) is 6.70. The van der Waals surface area contributed by atoms with Crippen molar-refractivity contribution in [3.63, 3.8) is 0 Å². The quantitative estimate of drug-likeness (QED) is 0.549. The Balaban J connectivity index is 1.51. The van der Waals surface area contributed by atoms with Gasteiger partial charge in [-0.05, 0) is 56.7 Å². The van der Waals surface area contributed by atoms with Crippen molar-refractivity contribution in [3.8, 4) is 17.5 Å². The minimum Gasteiger partial charge on any atom is -0.378 e. The van der Waals surface area contributed by atoms with Crippen LogP contribution in [0.3, 0.4) is 0 Å². The minimum absolute atomic E-state index is 0.0237. The van der Waals surface area contributed by atoms with Crippen molar-refractivity contribution in [2.24, 2.45) is 0 Å². The predicted octanol–water partition coefficient (Wildman–Crippen LogP) is 3.51. The normalized spacial score (nSPS) is 17.1. The standard InChI is InChI=1S/C27H30N8O2/c1-3-29-27(36)31-21-7-5-20(6-8-21)25-32-24-18(2)35(23-9-4-19(16-28)17-30-23)11-10-22(24)26(33-25)34-12-14-37-15-13-34/h4-9,17-18H,3,10-15H2,1-2H3,(H2,29,31,36). The molecule has 1 unspecified atom stereocenters. The summed E-state index contributed by atoms with van der Waals surface area (Å²) in [4.78, 5) is 31.0. The Hall–Kier alpha value is -4.23. The average Bonchev–Trinajstić information content (AvgIpc) is 2.94. The molecular formula is C27H30N8O2. The molecule has 4 heterocycles. The van der Waals surface area contributed by atoms with Gasteiger partial charge in [-0.3, -0.25) is 0 Å². The molecule has 0 spiro atoms. The number of nitrogens with one attached hydrogen (secondary N) is 2. The molecule has 1 fully saturated rings. The molecule has 10 heteroatoms. The summed E-state index contributed by atoms with van der Waals surface area (Å²) in [6.07, 6.45) is 2.40. The summed E-state index contributed by atoms with van der Waals surface area (Å²) in [6, 6.07) is 13.1. The fourth-order valence-corrected chi connectivity index (χ4v) is 4.79. The maximum Gasteiger partial charge on any atom is 0.319 e. The fourth-order valence-electron chi connectivity index (χ4n) is 4.79. The van der Waals surface area contributed by atoms with E-state index in [9.17, 15) is 4.79 Å². The van der Waals surface area contributed by atoms with Gasteiger partial charge >= 0.3 is 6.03 Å². The summed E-state index contributed by atoms with van der Waals surface area (Å²) < 4.78 is 5.59. The molecular weight excluding hydrogens is 468 g/mol. The van der Waals surface area contributed by atoms with Crippen molar-refractivity contribution >= 4 is 23.4 Å². The van der Waals surface area contributed by atoms with Crippen molar-refractivity contribution in [3.05, 3.63) is 59.4 Å². The van der Waals surface area contributed by atoms with Crippen LogP contribution in [0.25, 0.3) is 11.4 Å². The lowest BCUT2D eigenvalue weighted by molar-refractivity contribution is 0.122. The van der Waals surface area contributed by atoms with Gasteiger partial charge in [0.15, 0.2) is 5.82 Å². The molecule has 0 saturated carbocycles. The number of carbonyl (C=O) groups is 1. The van der Waals surface area contributed by atoms with Crippen LogP contribution in [-0.2, 0) is 11.2 Å². The van der Waals surface area contributed by atoms with Crippen LogP contribution in [0.15, 0.2) is 42.6 Å². The molecule has 3 aromatic rings. The van der Waals surface area contributed by atoms with Gasteiger partial charge < -0.3 is 25.2 Å². The molecule has 190 valence electrons. The Morgan fingerprint density at radius 3 is 2.59 bits per heavy atom. The zero-order valence-corrected chi connectivity index (χ0v) is 21.1. The molecule has 0 aliphatic carbocycles. The first-order chi connectivity index (χ1) is 18.1. The molecule has 37 heavy (non-hydrogen) atoms. The first kappa shape index (κ1) is 24.5. The van der Waals surface area contributed by atoms with Gasteiger partial charge in [-0.15, -0.1) is 0 Å². The van der Waals surface area contributed by atoms with Gasteiger partial charge in [0.25, 0.3) is 0 Å². The zero-order chi connectivity index (χ0) is 25.8. The molecule has 2 N–H and O–H groups in total. The highest BCUT2D eigenvalue weighted by Crippen LogP contribution is 2.37. The van der Waals surface area contributed by atoms with E-state index in [-0.39, 0.29) is 12.1 Å². The largest absolute Gasteiger partial charge is 0.378 e. The number of ether oxygens (including phenoxy) is 1. The molecule has 2 amide bonds. The third kappa shape index (κ3) is 5.17. The first-order valence-electron chi connectivity index (χ1n) is 12.6. The van der Waals surface area contributed by atoms with E-state index in [1.165, 1.54) is 0 Å². The van der Waals surface area contributed by atoms with Gasteiger partial charge in [-0.2, -0.15) is 5.26 Å². The van der Waals surface area contributed by atoms with Crippen LogP contribution < -0.4 is 20.4 Å². The van der Waals surface area contributed by atoms with E-state index in [1.54, 1.807) is 12.3 Å². The molecule has 1 atom stereocenters. The number of rotatable bonds is 5. The smallest absolute Gasteiger partial charge is 0.319 e. The Bertz CT molecular complexity index is 1300. The molecule has 2 aliphatic heterocycles. The Morgan fingerprint density at radius 1 is 1.14 bits per heavy atom. The lowest BCUT2D eigenvalue weighted by atomic mass is 9.97. The van der Waals surface area contributed by atoms with Crippen LogP contribution in [0.2, 0.25) is 0 Å². The van der Waals surface area contributed by atoms with E-state index in [4.69, 9.17) is 20.0 Å². The second kappa shape index (κ2) is 10.8. The topological polar surface area (TPSA) is 119 Å². The second-order valence-corrected chi connectivity index (χ2v) is 9.03. The monoisotopic (exact) mass is 498 g/mol. The number of urea groups is 1. The molecule has 5 rings (SSSR count). The number of aromatic nitrogens is 3. The molecule has 2 aliphatic rings. The van der Waals surface area contributed by atoms with Crippen molar-refractivity contribution in [2.75, 3.05) is 54.5 Å². The van der Waals surface area contributed by atoms with Crippen LogP contribution in [-0.4, -0.2) is 60.4 Å². The molecule has 0 radical (unpaired) electrons. The summed E-state index contributed by atoms with van der Waals surface area (Å²) in [5.74, 6) is 2.43. The number of benzene rings is 1. The van der Waals surface area contributed by atoms with Gasteiger partial charge in [0, 0.05) is 49.2 Å². The van der Waals surface area contributed by atoms with Crippen LogP contribution in [0.1, 0.15) is 36.7 Å². The van der Waals surface area contributed by atoms with Gasteiger partial charge in [-0.25, -0.2) is 19.7 Å². The Labute approximate surface area is 216 Å². The number of morpholine rings is 1. The highest BCUT2D eigenvalue weighted by atomic mass is 16.5. The zero-order valence-electron chi connectivity index (χ0n) is 21.1. The van der Waals surface area contributed by atoms with E-state index in [2.05, 4.69) is 38.4 Å². The summed E-state index contributed by atoms with van der Waals surface area (Å²) >= 11 is 0. The summed E-state index contributed by atoms with van der Waals surface area (Å²) in [7, 11) is 0. The van der Waals surface area contributed by atoms with Crippen molar-refractivity contribution in [2.45, 2.75) is 26.3 Å². The van der Waals surface area contributed by atoms with E-state index < -0.39 is 0 Å². The Morgan fingerprint density at radius 2 is 1.92 bits per heavy atom. The number of pyridine rings is 1. The van der Waals surface area contributed by atoms with E-state index in [0.29, 0.717) is 36.8 Å². The van der Waals surface area contributed by atoms with Crippen LogP contribution >= 0.6 is 0 Å². The minimum atomic E-state index is -0.236. The fraction of sp³-hybridized carbons (Fsp3) is 0.370. The van der Waals surface area contributed by atoms with E-state index in [0.717, 1.165) is 54.5 Å². The second-order valence-electron chi connectivity index (χ2n) is 9.03. The maximum absolute atomic E-state index is 11.9. The number of carbonyl (C=O) groups excluding carboxylic acids is 1. The van der Waals surface area contributed by atoms with Gasteiger partial charge in [-0.1, -0.05) is 0 Å². The third-order valence-electron chi connectivity index (χ3n) is 6.70. The number of fused-ring (bicyclic) bond motifs is 1. The predicted molar refractivity (Wildman–Crippen MR) is 142 cm³/mol.